The number of carbonyl (C=O) groups is 2. The first-order valence-corrected chi connectivity index (χ1v) is 9.61. The average Bonchev–Trinajstić information content (AvgIpc) is 3.16. The first-order chi connectivity index (χ1) is 13.4. The number of ketones is 1. The van der Waals surface area contributed by atoms with Gasteiger partial charge in [0.2, 0.25) is 0 Å². The van der Waals surface area contributed by atoms with Gasteiger partial charge >= 0.3 is 0 Å². The Hall–Kier alpha value is -2.86. The lowest BCUT2D eigenvalue weighted by molar-refractivity contribution is -0.127. The van der Waals surface area contributed by atoms with Crippen molar-refractivity contribution in [1.82, 2.24) is 5.32 Å². The molecule has 0 fully saturated rings. The smallest absolute Gasteiger partial charge is 0.261 e. The molecule has 0 radical (unpaired) electrons. The maximum atomic E-state index is 12.3. The van der Waals surface area contributed by atoms with E-state index in [9.17, 15) is 9.59 Å². The number of carbonyl (C=O) groups excluding carboxylic acids is 2. The molecule has 28 heavy (non-hydrogen) atoms. The van der Waals surface area contributed by atoms with Crippen LogP contribution in [0.1, 0.15) is 30.0 Å². The van der Waals surface area contributed by atoms with Crippen LogP contribution in [0, 0.1) is 0 Å². The summed E-state index contributed by atoms with van der Waals surface area (Å²) in [5.41, 5.74) is 1.57. The quantitative estimate of drug-likeness (QED) is 0.524. The molecule has 0 aliphatic heterocycles. The van der Waals surface area contributed by atoms with Crippen LogP contribution in [0.3, 0.4) is 0 Å². The summed E-state index contributed by atoms with van der Waals surface area (Å²) in [6.45, 7) is 3.44. The molecule has 0 saturated heterocycles. The SMILES string of the molecule is CC(=O)c1ccc(O[C@H](C)C(=O)NCc2ccc(-c3ccc(Br)cc3)o2)cc1. The van der Waals surface area contributed by atoms with Crippen molar-refractivity contribution in [3.63, 3.8) is 0 Å². The second kappa shape index (κ2) is 8.89. The van der Waals surface area contributed by atoms with Crippen molar-refractivity contribution in [1.29, 1.82) is 0 Å². The Morgan fingerprint density at radius 2 is 1.71 bits per heavy atom. The Bertz CT molecular complexity index is 961. The molecule has 0 saturated carbocycles. The number of Topliss-reactive ketones (excluding diaryl/α,β-unsaturated/α-hetero) is 1. The molecule has 0 unspecified atom stereocenters. The predicted octanol–water partition coefficient (Wildman–Crippen LogP) is 5.00. The number of amides is 1. The Kier molecular flexibility index (Phi) is 6.31. The first-order valence-electron chi connectivity index (χ1n) is 8.82. The van der Waals surface area contributed by atoms with Gasteiger partial charge in [0, 0.05) is 15.6 Å². The highest BCUT2D eigenvalue weighted by Gasteiger charge is 2.15. The number of hydrogen-bond acceptors (Lipinski definition) is 4. The standard InChI is InChI=1S/C22H20BrNO4/c1-14(25)16-5-9-19(10-6-16)27-15(2)22(26)24-13-20-11-12-21(28-20)17-3-7-18(23)8-4-17/h3-12,15H,13H2,1-2H3,(H,24,26)/t15-/m1/s1. The van der Waals surface area contributed by atoms with E-state index in [0.717, 1.165) is 15.8 Å². The summed E-state index contributed by atoms with van der Waals surface area (Å²) in [5, 5.41) is 2.80. The van der Waals surface area contributed by atoms with Crippen LogP contribution in [0.25, 0.3) is 11.3 Å². The van der Waals surface area contributed by atoms with Crippen molar-refractivity contribution in [3.05, 3.63) is 76.5 Å². The summed E-state index contributed by atoms with van der Waals surface area (Å²) in [5.74, 6) is 1.66. The van der Waals surface area contributed by atoms with E-state index in [1.807, 2.05) is 36.4 Å². The molecule has 6 heteroatoms. The van der Waals surface area contributed by atoms with Crippen molar-refractivity contribution in [2.24, 2.45) is 0 Å². The van der Waals surface area contributed by atoms with Crippen LogP contribution in [0.4, 0.5) is 0 Å². The predicted molar refractivity (Wildman–Crippen MR) is 110 cm³/mol. The van der Waals surface area contributed by atoms with E-state index in [1.165, 1.54) is 6.92 Å². The summed E-state index contributed by atoms with van der Waals surface area (Å²) in [6, 6.07) is 18.2. The fraction of sp³-hybridized carbons (Fsp3) is 0.182. The molecule has 1 amide bonds. The third-order valence-electron chi connectivity index (χ3n) is 4.17. The number of halogens is 1. The van der Waals surface area contributed by atoms with E-state index >= 15 is 0 Å². The molecule has 1 N–H and O–H groups in total. The molecule has 1 aromatic heterocycles. The van der Waals surface area contributed by atoms with E-state index in [1.54, 1.807) is 31.2 Å². The minimum absolute atomic E-state index is 0.0155. The largest absolute Gasteiger partial charge is 0.481 e. The summed E-state index contributed by atoms with van der Waals surface area (Å²) in [4.78, 5) is 23.6. The molecule has 3 aromatic rings. The molecular formula is C22H20BrNO4. The number of nitrogens with one attached hydrogen (secondary N) is 1. The van der Waals surface area contributed by atoms with Crippen molar-refractivity contribution in [2.45, 2.75) is 26.5 Å². The molecule has 0 aliphatic rings. The Balaban J connectivity index is 1.53. The van der Waals surface area contributed by atoms with Crippen LogP contribution in [-0.4, -0.2) is 17.8 Å². The monoisotopic (exact) mass is 441 g/mol. The van der Waals surface area contributed by atoms with Gasteiger partial charge in [-0.05, 0) is 62.4 Å². The highest BCUT2D eigenvalue weighted by molar-refractivity contribution is 9.10. The average molecular weight is 442 g/mol. The van der Waals surface area contributed by atoms with Crippen molar-refractivity contribution >= 4 is 27.6 Å². The number of furan rings is 1. The molecule has 1 heterocycles. The van der Waals surface area contributed by atoms with E-state index in [2.05, 4.69) is 21.2 Å². The Morgan fingerprint density at radius 1 is 1.04 bits per heavy atom. The van der Waals surface area contributed by atoms with Gasteiger partial charge in [-0.15, -0.1) is 0 Å². The molecule has 144 valence electrons. The van der Waals surface area contributed by atoms with Gasteiger partial charge in [-0.1, -0.05) is 28.1 Å². The maximum Gasteiger partial charge on any atom is 0.261 e. The first kappa shape index (κ1) is 19.9. The van der Waals surface area contributed by atoms with Gasteiger partial charge in [-0.2, -0.15) is 0 Å². The molecule has 0 bridgehead atoms. The van der Waals surface area contributed by atoms with Crippen LogP contribution in [0.15, 0.2) is 69.6 Å². The summed E-state index contributed by atoms with van der Waals surface area (Å²) >= 11 is 3.41. The summed E-state index contributed by atoms with van der Waals surface area (Å²) < 4.78 is 12.4. The second-order valence-electron chi connectivity index (χ2n) is 6.33. The molecule has 5 nitrogen and oxygen atoms in total. The van der Waals surface area contributed by atoms with E-state index in [-0.39, 0.29) is 18.2 Å². The molecule has 1 atom stereocenters. The zero-order chi connectivity index (χ0) is 20.1. The molecule has 0 aliphatic carbocycles. The zero-order valence-corrected chi connectivity index (χ0v) is 17.2. The third-order valence-corrected chi connectivity index (χ3v) is 4.70. The Labute approximate surface area is 171 Å². The van der Waals surface area contributed by atoms with E-state index in [0.29, 0.717) is 17.1 Å². The van der Waals surface area contributed by atoms with Gasteiger partial charge in [-0.3, -0.25) is 9.59 Å². The lowest BCUT2D eigenvalue weighted by Crippen LogP contribution is -2.35. The van der Waals surface area contributed by atoms with Gasteiger partial charge in [0.1, 0.15) is 17.3 Å². The minimum Gasteiger partial charge on any atom is -0.481 e. The van der Waals surface area contributed by atoms with Gasteiger partial charge < -0.3 is 14.5 Å². The van der Waals surface area contributed by atoms with Crippen molar-refractivity contribution in [3.8, 4) is 17.1 Å². The molecular weight excluding hydrogens is 422 g/mol. The van der Waals surface area contributed by atoms with Crippen molar-refractivity contribution in [2.75, 3.05) is 0 Å². The fourth-order valence-electron chi connectivity index (χ4n) is 2.59. The second-order valence-corrected chi connectivity index (χ2v) is 7.25. The third kappa shape index (κ3) is 5.10. The lowest BCUT2D eigenvalue weighted by atomic mass is 10.1. The topological polar surface area (TPSA) is 68.5 Å². The highest BCUT2D eigenvalue weighted by atomic mass is 79.9. The van der Waals surface area contributed by atoms with Crippen LogP contribution in [0.2, 0.25) is 0 Å². The molecule has 2 aromatic carbocycles. The molecule has 0 spiro atoms. The number of ether oxygens (including phenoxy) is 1. The van der Waals surface area contributed by atoms with Gasteiger partial charge in [0.25, 0.3) is 5.91 Å². The normalized spacial score (nSPS) is 11.7. The number of hydrogen-bond donors (Lipinski definition) is 1. The zero-order valence-electron chi connectivity index (χ0n) is 15.6. The van der Waals surface area contributed by atoms with Crippen LogP contribution in [-0.2, 0) is 11.3 Å². The van der Waals surface area contributed by atoms with Crippen LogP contribution < -0.4 is 10.1 Å². The van der Waals surface area contributed by atoms with E-state index in [4.69, 9.17) is 9.15 Å². The summed E-state index contributed by atoms with van der Waals surface area (Å²) in [6.07, 6.45) is -0.677. The molecule has 3 rings (SSSR count). The fourth-order valence-corrected chi connectivity index (χ4v) is 2.85. The van der Waals surface area contributed by atoms with Crippen LogP contribution in [0.5, 0.6) is 5.75 Å². The summed E-state index contributed by atoms with van der Waals surface area (Å²) in [7, 11) is 0. The van der Waals surface area contributed by atoms with E-state index < -0.39 is 6.10 Å². The van der Waals surface area contributed by atoms with Crippen molar-refractivity contribution < 1.29 is 18.7 Å². The Morgan fingerprint density at radius 3 is 2.36 bits per heavy atom. The maximum absolute atomic E-state index is 12.3. The number of benzene rings is 2. The van der Waals surface area contributed by atoms with Gasteiger partial charge in [0.05, 0.1) is 6.54 Å². The van der Waals surface area contributed by atoms with Gasteiger partial charge in [-0.25, -0.2) is 0 Å². The highest BCUT2D eigenvalue weighted by Crippen LogP contribution is 2.24. The van der Waals surface area contributed by atoms with Gasteiger partial charge in [0.15, 0.2) is 11.9 Å². The minimum atomic E-state index is -0.677. The van der Waals surface area contributed by atoms with Crippen LogP contribution >= 0.6 is 15.9 Å². The lowest BCUT2D eigenvalue weighted by Gasteiger charge is -2.14. The number of rotatable bonds is 7.